The van der Waals surface area contributed by atoms with Crippen molar-refractivity contribution in [3.8, 4) is 5.75 Å². The number of halogens is 1. The number of phenolic OH excluding ortho intramolecular Hbond substituents is 1. The van der Waals surface area contributed by atoms with Crippen LogP contribution in [0, 0.1) is 32.7 Å². The predicted octanol–water partition coefficient (Wildman–Crippen LogP) is 5.43. The van der Waals surface area contributed by atoms with Gasteiger partial charge in [0.05, 0.1) is 34.5 Å². The van der Waals surface area contributed by atoms with Crippen LogP contribution in [-0.4, -0.2) is 28.7 Å². The predicted molar refractivity (Wildman–Crippen MR) is 161 cm³/mol. The zero-order chi connectivity index (χ0) is 28.6. The number of carbonyl (C=O) groups excluding carboxylic acids is 4. The first-order valence-electron chi connectivity index (χ1n) is 13.8. The van der Waals surface area contributed by atoms with Gasteiger partial charge in [-0.05, 0) is 102 Å². The van der Waals surface area contributed by atoms with Crippen molar-refractivity contribution in [1.82, 2.24) is 0 Å². The lowest BCUT2D eigenvalue weighted by molar-refractivity contribution is -0.131. The van der Waals surface area contributed by atoms with Crippen molar-refractivity contribution in [1.29, 1.82) is 0 Å². The first-order chi connectivity index (χ1) is 19.7. The molecular formula is C33H27IN2O5. The molecule has 3 aromatic rings. The molecule has 7 nitrogen and oxygen atoms in total. The van der Waals surface area contributed by atoms with Crippen molar-refractivity contribution in [2.24, 2.45) is 29.1 Å². The number of hydrogen-bond donors (Lipinski definition) is 1. The fourth-order valence-corrected chi connectivity index (χ4v) is 8.09. The molecule has 3 aromatic carbocycles. The summed E-state index contributed by atoms with van der Waals surface area (Å²) in [6, 6.07) is 23.0. The molecule has 2 aliphatic heterocycles. The minimum absolute atomic E-state index is 0.102. The topological polar surface area (TPSA) is 95.0 Å². The maximum Gasteiger partial charge on any atom is 0.241 e. The van der Waals surface area contributed by atoms with Gasteiger partial charge in [-0.3, -0.25) is 24.1 Å². The van der Waals surface area contributed by atoms with Crippen LogP contribution in [0.4, 0.5) is 11.4 Å². The number of aromatic hydroxyl groups is 1. The SMILES string of the molecule is CC12C(=O)N(c3ccccc3)C(=O)C1CC1C(=CCC3C(=O)N(c4ccc(I)cc4)C(=O)C31)C2c1ccc(O)cc1. The number of para-hydroxylation sites is 1. The quantitative estimate of drug-likeness (QED) is 0.230. The van der Waals surface area contributed by atoms with E-state index in [2.05, 4.69) is 22.6 Å². The fourth-order valence-electron chi connectivity index (χ4n) is 7.73. The molecule has 0 spiro atoms. The van der Waals surface area contributed by atoms with E-state index >= 15 is 0 Å². The summed E-state index contributed by atoms with van der Waals surface area (Å²) < 4.78 is 1.00. The molecule has 1 N–H and O–H groups in total. The summed E-state index contributed by atoms with van der Waals surface area (Å²) in [6.07, 6.45) is 2.74. The number of benzene rings is 3. The van der Waals surface area contributed by atoms with Crippen LogP contribution in [0.3, 0.4) is 0 Å². The number of fused-ring (bicyclic) bond motifs is 4. The molecule has 6 unspecified atom stereocenters. The van der Waals surface area contributed by atoms with E-state index in [0.717, 1.165) is 14.7 Å². The minimum Gasteiger partial charge on any atom is -0.508 e. The Hall–Kier alpha value is -3.79. The lowest BCUT2D eigenvalue weighted by Gasteiger charge is -2.49. The van der Waals surface area contributed by atoms with Gasteiger partial charge in [-0.25, -0.2) is 4.90 Å². The molecule has 1 saturated carbocycles. The number of anilines is 2. The van der Waals surface area contributed by atoms with Crippen molar-refractivity contribution in [3.63, 3.8) is 0 Å². The van der Waals surface area contributed by atoms with Crippen LogP contribution in [0.1, 0.15) is 31.2 Å². The first kappa shape index (κ1) is 26.1. The normalized spacial score (nSPS) is 30.7. The summed E-state index contributed by atoms with van der Waals surface area (Å²) in [6.45, 7) is 1.86. The van der Waals surface area contributed by atoms with Gasteiger partial charge in [0.2, 0.25) is 23.6 Å². The Morgan fingerprint density at radius 1 is 0.780 bits per heavy atom. The lowest BCUT2D eigenvalue weighted by atomic mass is 9.51. The molecule has 41 heavy (non-hydrogen) atoms. The van der Waals surface area contributed by atoms with E-state index in [9.17, 15) is 24.3 Å². The van der Waals surface area contributed by atoms with Crippen LogP contribution < -0.4 is 9.80 Å². The summed E-state index contributed by atoms with van der Waals surface area (Å²) in [4.78, 5) is 58.7. The molecule has 7 rings (SSSR count). The maximum atomic E-state index is 14.3. The van der Waals surface area contributed by atoms with Crippen molar-refractivity contribution in [2.45, 2.75) is 25.7 Å². The van der Waals surface area contributed by atoms with E-state index in [4.69, 9.17) is 0 Å². The summed E-state index contributed by atoms with van der Waals surface area (Å²) in [5.41, 5.74) is 1.70. The summed E-state index contributed by atoms with van der Waals surface area (Å²) in [5, 5.41) is 10.0. The number of amides is 4. The third-order valence-electron chi connectivity index (χ3n) is 9.60. The molecule has 0 aromatic heterocycles. The molecule has 2 heterocycles. The zero-order valence-corrected chi connectivity index (χ0v) is 24.4. The number of nitrogens with zero attached hydrogens (tertiary/aromatic N) is 2. The Kier molecular flexibility index (Phi) is 5.97. The molecule has 0 radical (unpaired) electrons. The highest BCUT2D eigenvalue weighted by Gasteiger charge is 2.67. The van der Waals surface area contributed by atoms with E-state index in [0.29, 0.717) is 24.2 Å². The average Bonchev–Trinajstić information content (AvgIpc) is 3.34. The lowest BCUT2D eigenvalue weighted by Crippen LogP contribution is -2.48. The average molecular weight is 658 g/mol. The van der Waals surface area contributed by atoms with Crippen molar-refractivity contribution < 1.29 is 24.3 Å². The number of rotatable bonds is 3. The molecular weight excluding hydrogens is 631 g/mol. The highest BCUT2D eigenvalue weighted by molar-refractivity contribution is 14.1. The van der Waals surface area contributed by atoms with Crippen molar-refractivity contribution in [2.75, 3.05) is 9.80 Å². The minimum atomic E-state index is -1.10. The third-order valence-corrected chi connectivity index (χ3v) is 10.3. The Morgan fingerprint density at radius 3 is 2.12 bits per heavy atom. The molecule has 0 bridgehead atoms. The molecule has 2 aliphatic carbocycles. The van der Waals surface area contributed by atoms with Gasteiger partial charge in [-0.1, -0.05) is 42.0 Å². The number of phenols is 1. The molecule has 8 heteroatoms. The summed E-state index contributed by atoms with van der Waals surface area (Å²) >= 11 is 2.19. The van der Waals surface area contributed by atoms with Gasteiger partial charge < -0.3 is 5.11 Å². The van der Waals surface area contributed by atoms with Crippen molar-refractivity contribution >= 4 is 57.6 Å². The zero-order valence-electron chi connectivity index (χ0n) is 22.2. The Morgan fingerprint density at radius 2 is 1.44 bits per heavy atom. The molecule has 206 valence electrons. The van der Waals surface area contributed by atoms with Gasteiger partial charge in [0, 0.05) is 9.49 Å². The van der Waals surface area contributed by atoms with Crippen LogP contribution in [0.25, 0.3) is 0 Å². The standard InChI is InChI=1S/C33H27IN2O5/c1-33-26(30(39)36(32(33)41)20-5-3-2-4-6-20)17-25-23(28(33)18-7-13-22(37)14-8-18)15-16-24-27(25)31(40)35(29(24)38)21-11-9-19(34)10-12-21/h2-15,24-28,37H,16-17H2,1H3. The Balaban J connectivity index is 1.36. The number of hydrogen-bond acceptors (Lipinski definition) is 5. The highest BCUT2D eigenvalue weighted by atomic mass is 127. The molecule has 3 fully saturated rings. The molecule has 4 amide bonds. The summed E-state index contributed by atoms with van der Waals surface area (Å²) in [5.74, 6) is -3.58. The molecule has 4 aliphatic rings. The Bertz CT molecular complexity index is 1630. The highest BCUT2D eigenvalue weighted by Crippen LogP contribution is 2.63. The number of allylic oxidation sites excluding steroid dienone is 2. The smallest absolute Gasteiger partial charge is 0.241 e. The first-order valence-corrected chi connectivity index (χ1v) is 14.9. The monoisotopic (exact) mass is 658 g/mol. The van der Waals surface area contributed by atoms with Gasteiger partial charge >= 0.3 is 0 Å². The largest absolute Gasteiger partial charge is 0.508 e. The van der Waals surface area contributed by atoms with Crippen LogP contribution in [0.5, 0.6) is 5.75 Å². The van der Waals surface area contributed by atoms with Gasteiger partial charge in [0.1, 0.15) is 5.75 Å². The van der Waals surface area contributed by atoms with Crippen LogP contribution in [-0.2, 0) is 19.2 Å². The van der Waals surface area contributed by atoms with E-state index in [1.807, 2.05) is 31.2 Å². The number of carbonyl (C=O) groups is 4. The Labute approximate surface area is 251 Å². The van der Waals surface area contributed by atoms with Gasteiger partial charge in [0.15, 0.2) is 0 Å². The molecule has 2 saturated heterocycles. The summed E-state index contributed by atoms with van der Waals surface area (Å²) in [7, 11) is 0. The fraction of sp³-hybridized carbons (Fsp3) is 0.273. The second kappa shape index (κ2) is 9.37. The second-order valence-corrected chi connectivity index (χ2v) is 12.8. The van der Waals surface area contributed by atoms with Crippen LogP contribution in [0.15, 0.2) is 90.5 Å². The van der Waals surface area contributed by atoms with Gasteiger partial charge in [-0.15, -0.1) is 0 Å². The second-order valence-electron chi connectivity index (χ2n) is 11.6. The van der Waals surface area contributed by atoms with E-state index < -0.39 is 29.1 Å². The maximum absolute atomic E-state index is 14.3. The van der Waals surface area contributed by atoms with Gasteiger partial charge in [0.25, 0.3) is 0 Å². The molecule has 6 atom stereocenters. The third kappa shape index (κ3) is 3.69. The van der Waals surface area contributed by atoms with Crippen LogP contribution in [0.2, 0.25) is 0 Å². The van der Waals surface area contributed by atoms with E-state index in [-0.39, 0.29) is 35.3 Å². The van der Waals surface area contributed by atoms with Crippen molar-refractivity contribution in [3.05, 3.63) is 99.6 Å². The number of imide groups is 2. The van der Waals surface area contributed by atoms with Gasteiger partial charge in [-0.2, -0.15) is 0 Å². The van der Waals surface area contributed by atoms with E-state index in [1.54, 1.807) is 60.7 Å². The van der Waals surface area contributed by atoms with Crippen LogP contribution >= 0.6 is 22.6 Å². The van der Waals surface area contributed by atoms with E-state index in [1.165, 1.54) is 9.80 Å².